The molecule has 0 aliphatic heterocycles. The second-order valence-corrected chi connectivity index (χ2v) is 9.10. The Kier molecular flexibility index (Phi) is 4.47. The van der Waals surface area contributed by atoms with Crippen LogP contribution in [-0.2, 0) is 27.8 Å². The largest absolute Gasteiger partial charge is 0.464 e. The van der Waals surface area contributed by atoms with Crippen LogP contribution in [0, 0.1) is 0 Å². The third-order valence-corrected chi connectivity index (χ3v) is 6.79. The Balaban J connectivity index is 1.52. The highest BCUT2D eigenvalue weighted by Crippen LogP contribution is 2.30. The quantitative estimate of drug-likeness (QED) is 0.537. The van der Waals surface area contributed by atoms with Crippen LogP contribution in [0.25, 0.3) is 21.7 Å². The monoisotopic (exact) mass is 400 g/mol. The van der Waals surface area contributed by atoms with Crippen LogP contribution in [0.15, 0.2) is 63.4 Å². The minimum atomic E-state index is -3.71. The van der Waals surface area contributed by atoms with Crippen LogP contribution in [0.4, 0.5) is 0 Å². The van der Waals surface area contributed by atoms with Crippen molar-refractivity contribution in [3.8, 4) is 0 Å². The van der Waals surface area contributed by atoms with Crippen molar-refractivity contribution in [3.63, 3.8) is 0 Å². The van der Waals surface area contributed by atoms with E-state index < -0.39 is 10.0 Å². The SMILES string of the molecule is NS(=O)(=O)c1ccc(CNC(=O)Cc2coc3ccc4ccccc4c23)s1. The van der Waals surface area contributed by atoms with E-state index >= 15 is 0 Å². The third kappa shape index (κ3) is 3.59. The first-order chi connectivity index (χ1) is 12.9. The number of furan rings is 1. The minimum Gasteiger partial charge on any atom is -0.464 e. The fourth-order valence-corrected chi connectivity index (χ4v) is 4.75. The standard InChI is InChI=1S/C19H16N2O4S2/c20-27(23,24)18-8-6-14(26-18)10-21-17(22)9-13-11-25-16-7-5-12-3-1-2-4-15(12)19(13)16/h1-8,11H,9-10H2,(H,21,22)(H2,20,23,24). The number of benzene rings is 2. The molecule has 138 valence electrons. The summed E-state index contributed by atoms with van der Waals surface area (Å²) >= 11 is 1.05. The molecule has 0 fully saturated rings. The van der Waals surface area contributed by atoms with Gasteiger partial charge in [-0.3, -0.25) is 4.79 Å². The second-order valence-electron chi connectivity index (χ2n) is 6.14. The summed E-state index contributed by atoms with van der Waals surface area (Å²) in [5.41, 5.74) is 1.56. The summed E-state index contributed by atoms with van der Waals surface area (Å²) in [5.74, 6) is -0.170. The van der Waals surface area contributed by atoms with Crippen molar-refractivity contribution in [3.05, 3.63) is 65.2 Å². The first-order valence-corrected chi connectivity index (χ1v) is 10.5. The molecule has 0 saturated carbocycles. The maximum absolute atomic E-state index is 12.4. The predicted octanol–water partition coefficient (Wildman–Crippen LogP) is 3.15. The van der Waals surface area contributed by atoms with E-state index in [0.717, 1.165) is 43.5 Å². The molecule has 4 rings (SSSR count). The molecule has 2 aromatic carbocycles. The summed E-state index contributed by atoms with van der Waals surface area (Å²) in [6, 6.07) is 14.9. The first kappa shape index (κ1) is 17.7. The number of nitrogens with two attached hydrogens (primary N) is 1. The average molecular weight is 400 g/mol. The number of nitrogens with one attached hydrogen (secondary N) is 1. The van der Waals surface area contributed by atoms with Gasteiger partial charge in [-0.2, -0.15) is 0 Å². The van der Waals surface area contributed by atoms with Crippen molar-refractivity contribution >= 4 is 49.0 Å². The summed E-state index contributed by atoms with van der Waals surface area (Å²) in [5, 5.41) is 11.0. The fraction of sp³-hybridized carbons (Fsp3) is 0.105. The Morgan fingerprint density at radius 2 is 1.93 bits per heavy atom. The topological polar surface area (TPSA) is 102 Å². The van der Waals surface area contributed by atoms with Gasteiger partial charge in [-0.25, -0.2) is 13.6 Å². The molecule has 1 amide bonds. The van der Waals surface area contributed by atoms with Crippen molar-refractivity contribution in [1.29, 1.82) is 0 Å². The molecule has 3 N–H and O–H groups in total. The number of thiophene rings is 1. The van der Waals surface area contributed by atoms with Gasteiger partial charge in [0, 0.05) is 15.8 Å². The number of primary sulfonamides is 1. The number of rotatable bonds is 5. The molecule has 0 unspecified atom stereocenters. The van der Waals surface area contributed by atoms with Crippen LogP contribution in [0.5, 0.6) is 0 Å². The third-order valence-electron chi connectivity index (χ3n) is 4.27. The van der Waals surface area contributed by atoms with Crippen molar-refractivity contribution in [1.82, 2.24) is 5.32 Å². The molecule has 0 aliphatic carbocycles. The maximum Gasteiger partial charge on any atom is 0.247 e. The van der Waals surface area contributed by atoms with Gasteiger partial charge in [0.05, 0.1) is 19.2 Å². The molecular weight excluding hydrogens is 384 g/mol. The normalized spacial score (nSPS) is 11.9. The van der Waals surface area contributed by atoms with Gasteiger partial charge in [-0.05, 0) is 29.0 Å². The van der Waals surface area contributed by atoms with E-state index in [4.69, 9.17) is 9.56 Å². The van der Waals surface area contributed by atoms with Gasteiger partial charge >= 0.3 is 0 Å². The van der Waals surface area contributed by atoms with Crippen molar-refractivity contribution < 1.29 is 17.6 Å². The average Bonchev–Trinajstić information content (AvgIpc) is 3.27. The highest BCUT2D eigenvalue weighted by molar-refractivity contribution is 7.91. The lowest BCUT2D eigenvalue weighted by atomic mass is 10.0. The summed E-state index contributed by atoms with van der Waals surface area (Å²) < 4.78 is 28.3. The molecule has 0 aliphatic rings. The number of hydrogen-bond donors (Lipinski definition) is 2. The molecule has 4 aromatic rings. The molecule has 0 atom stereocenters. The molecule has 6 nitrogen and oxygen atoms in total. The lowest BCUT2D eigenvalue weighted by molar-refractivity contribution is -0.120. The summed E-state index contributed by atoms with van der Waals surface area (Å²) in [6.45, 7) is 0.246. The molecule has 0 radical (unpaired) electrons. The molecule has 0 spiro atoms. The zero-order valence-corrected chi connectivity index (χ0v) is 15.8. The van der Waals surface area contributed by atoms with Crippen LogP contribution in [-0.4, -0.2) is 14.3 Å². The summed E-state index contributed by atoms with van der Waals surface area (Å²) in [7, 11) is -3.71. The zero-order valence-electron chi connectivity index (χ0n) is 14.1. The number of carbonyl (C=O) groups excluding carboxylic acids is 1. The van der Waals surface area contributed by atoms with Crippen LogP contribution in [0.3, 0.4) is 0 Å². The fourth-order valence-electron chi connectivity index (χ4n) is 3.03. The second kappa shape index (κ2) is 6.80. The van der Waals surface area contributed by atoms with Crippen LogP contribution in [0.2, 0.25) is 0 Å². The Morgan fingerprint density at radius 1 is 1.11 bits per heavy atom. The van der Waals surface area contributed by atoms with Crippen molar-refractivity contribution in [2.24, 2.45) is 5.14 Å². The van der Waals surface area contributed by atoms with Gasteiger partial charge in [0.15, 0.2) is 0 Å². The Morgan fingerprint density at radius 3 is 2.70 bits per heavy atom. The smallest absolute Gasteiger partial charge is 0.247 e. The summed E-state index contributed by atoms with van der Waals surface area (Å²) in [4.78, 5) is 13.1. The molecule has 2 heterocycles. The molecule has 27 heavy (non-hydrogen) atoms. The number of amides is 1. The maximum atomic E-state index is 12.4. The lowest BCUT2D eigenvalue weighted by Gasteiger charge is -2.04. The zero-order chi connectivity index (χ0) is 19.0. The Labute approximate surface area is 159 Å². The number of sulfonamides is 1. The number of carbonyl (C=O) groups is 1. The van der Waals surface area contributed by atoms with Crippen molar-refractivity contribution in [2.45, 2.75) is 17.2 Å². The van der Waals surface area contributed by atoms with Gasteiger partial charge in [0.1, 0.15) is 9.79 Å². The van der Waals surface area contributed by atoms with Gasteiger partial charge in [0.2, 0.25) is 15.9 Å². The number of fused-ring (bicyclic) bond motifs is 3. The van der Waals surface area contributed by atoms with Gasteiger partial charge in [-0.15, -0.1) is 11.3 Å². The van der Waals surface area contributed by atoms with E-state index in [1.807, 2.05) is 36.4 Å². The van der Waals surface area contributed by atoms with E-state index in [0.29, 0.717) is 0 Å². The highest BCUT2D eigenvalue weighted by Gasteiger charge is 2.14. The van der Waals surface area contributed by atoms with Crippen LogP contribution < -0.4 is 10.5 Å². The Bertz CT molecular complexity index is 1260. The molecule has 0 bridgehead atoms. The molecule has 0 saturated heterocycles. The van der Waals surface area contributed by atoms with Gasteiger partial charge in [-0.1, -0.05) is 30.3 Å². The van der Waals surface area contributed by atoms with Crippen LogP contribution >= 0.6 is 11.3 Å². The minimum absolute atomic E-state index is 0.0825. The van der Waals surface area contributed by atoms with Crippen molar-refractivity contribution in [2.75, 3.05) is 0 Å². The van der Waals surface area contributed by atoms with E-state index in [1.54, 1.807) is 12.3 Å². The summed E-state index contributed by atoms with van der Waals surface area (Å²) in [6.07, 6.45) is 1.79. The van der Waals surface area contributed by atoms with E-state index in [1.165, 1.54) is 6.07 Å². The number of hydrogen-bond acceptors (Lipinski definition) is 5. The van der Waals surface area contributed by atoms with E-state index in [9.17, 15) is 13.2 Å². The molecule has 2 aromatic heterocycles. The first-order valence-electron chi connectivity index (χ1n) is 8.18. The molecule has 8 heteroatoms. The van der Waals surface area contributed by atoms with Gasteiger partial charge in [0.25, 0.3) is 0 Å². The predicted molar refractivity (Wildman–Crippen MR) is 105 cm³/mol. The Hall–Kier alpha value is -2.68. The van der Waals surface area contributed by atoms with Gasteiger partial charge < -0.3 is 9.73 Å². The highest BCUT2D eigenvalue weighted by atomic mass is 32.2. The van der Waals surface area contributed by atoms with Crippen LogP contribution in [0.1, 0.15) is 10.4 Å². The van der Waals surface area contributed by atoms with E-state index in [2.05, 4.69) is 5.32 Å². The molecular formula is C19H16N2O4S2. The van der Waals surface area contributed by atoms with E-state index in [-0.39, 0.29) is 23.1 Å². The lowest BCUT2D eigenvalue weighted by Crippen LogP contribution is -2.24.